The van der Waals surface area contributed by atoms with Crippen molar-refractivity contribution in [2.24, 2.45) is 0 Å². The molecule has 10 nitrogen and oxygen atoms in total. The molecule has 2 unspecified atom stereocenters. The number of likely N-dealkylation sites (N-methyl/N-ethyl adjacent to an activating group) is 1. The number of hydrogen-bond donors (Lipinski definition) is 1. The van der Waals surface area contributed by atoms with Gasteiger partial charge in [-0.2, -0.15) is 0 Å². The van der Waals surface area contributed by atoms with E-state index in [1.807, 2.05) is 39.4 Å². The summed E-state index contributed by atoms with van der Waals surface area (Å²) < 4.78 is 33.8. The summed E-state index contributed by atoms with van der Waals surface area (Å²) >= 11 is 0. The molecule has 0 aromatic heterocycles. The minimum Gasteiger partial charge on any atom is -0.756 e. The van der Waals surface area contributed by atoms with Crippen molar-refractivity contribution in [3.63, 3.8) is 0 Å². The number of esters is 2. The average molecular weight is 854 g/mol. The molecule has 3 atom stereocenters. The van der Waals surface area contributed by atoms with Gasteiger partial charge >= 0.3 is 11.9 Å². The van der Waals surface area contributed by atoms with E-state index in [1.165, 1.54) is 103 Å². The van der Waals surface area contributed by atoms with E-state index in [0.29, 0.717) is 30.3 Å². The number of hydrogen-bond acceptors (Lipinski definition) is 9. The summed E-state index contributed by atoms with van der Waals surface area (Å²) in [5.74, 6) is -1.04. The van der Waals surface area contributed by atoms with Gasteiger partial charge in [0.05, 0.1) is 33.9 Å². The lowest BCUT2D eigenvalue weighted by Gasteiger charge is -2.28. The van der Waals surface area contributed by atoms with Crippen LogP contribution in [-0.2, 0) is 32.7 Å². The summed E-state index contributed by atoms with van der Waals surface area (Å²) in [6.45, 7) is 4.00. The topological polar surface area (TPSA) is 131 Å². The maximum atomic E-state index is 12.7. The van der Waals surface area contributed by atoms with Crippen LogP contribution in [0.2, 0.25) is 0 Å². The zero-order valence-electron chi connectivity index (χ0n) is 38.3. The fraction of sp³-hybridized carbons (Fsp3) is 0.792. The molecular formula is C48H88NO9P. The van der Waals surface area contributed by atoms with Gasteiger partial charge < -0.3 is 33.0 Å². The molecule has 0 aromatic carbocycles. The van der Waals surface area contributed by atoms with Crippen molar-refractivity contribution in [2.75, 3.05) is 47.5 Å². The van der Waals surface area contributed by atoms with Gasteiger partial charge in [-0.25, -0.2) is 0 Å². The number of phosphoric ester groups is 1. The van der Waals surface area contributed by atoms with Crippen molar-refractivity contribution >= 4 is 19.8 Å². The van der Waals surface area contributed by atoms with E-state index in [2.05, 4.69) is 38.2 Å². The van der Waals surface area contributed by atoms with Gasteiger partial charge in [-0.05, 0) is 64.2 Å². The van der Waals surface area contributed by atoms with Crippen LogP contribution in [0.1, 0.15) is 187 Å². The summed E-state index contributed by atoms with van der Waals surface area (Å²) in [6.07, 6.45) is 43.1. The van der Waals surface area contributed by atoms with E-state index in [-0.39, 0.29) is 26.1 Å². The van der Waals surface area contributed by atoms with Gasteiger partial charge in [0.1, 0.15) is 19.8 Å². The second-order valence-electron chi connectivity index (χ2n) is 17.0. The van der Waals surface area contributed by atoms with Gasteiger partial charge in [0.15, 0.2) is 6.10 Å². The number of unbranched alkanes of at least 4 members (excludes halogenated alkanes) is 19. The van der Waals surface area contributed by atoms with Gasteiger partial charge in [-0.3, -0.25) is 14.2 Å². The summed E-state index contributed by atoms with van der Waals surface area (Å²) in [7, 11) is 1.06. The van der Waals surface area contributed by atoms with Gasteiger partial charge in [0.25, 0.3) is 7.82 Å². The molecule has 11 heteroatoms. The monoisotopic (exact) mass is 854 g/mol. The number of ether oxygens (including phenoxy) is 2. The smallest absolute Gasteiger partial charge is 0.306 e. The Labute approximate surface area is 361 Å². The first-order valence-corrected chi connectivity index (χ1v) is 24.9. The highest BCUT2D eigenvalue weighted by Crippen LogP contribution is 2.38. The van der Waals surface area contributed by atoms with Crippen LogP contribution >= 0.6 is 7.82 Å². The molecule has 0 radical (unpaired) electrons. The molecule has 0 heterocycles. The first-order chi connectivity index (χ1) is 28.4. The average Bonchev–Trinajstić information content (AvgIpc) is 3.18. The van der Waals surface area contributed by atoms with Crippen LogP contribution in [0, 0.1) is 0 Å². The molecule has 0 bridgehead atoms. The lowest BCUT2D eigenvalue weighted by Crippen LogP contribution is -2.37. The maximum Gasteiger partial charge on any atom is 0.306 e. The van der Waals surface area contributed by atoms with E-state index in [0.717, 1.165) is 38.5 Å². The molecule has 0 rings (SSSR count). The third-order valence-electron chi connectivity index (χ3n) is 9.93. The molecule has 0 aliphatic heterocycles. The van der Waals surface area contributed by atoms with E-state index in [4.69, 9.17) is 18.5 Å². The molecule has 0 amide bonds. The summed E-state index contributed by atoms with van der Waals surface area (Å²) in [6, 6.07) is 0. The molecule has 0 saturated heterocycles. The van der Waals surface area contributed by atoms with Crippen molar-refractivity contribution in [3.8, 4) is 0 Å². The maximum absolute atomic E-state index is 12.7. The number of aliphatic hydroxyl groups excluding tert-OH is 1. The summed E-state index contributed by atoms with van der Waals surface area (Å²) in [5, 5.41) is 10.3. The molecule has 0 saturated carbocycles. The van der Waals surface area contributed by atoms with Crippen LogP contribution in [0.25, 0.3) is 0 Å². The van der Waals surface area contributed by atoms with Crippen LogP contribution in [0.3, 0.4) is 0 Å². The predicted octanol–water partition coefficient (Wildman–Crippen LogP) is 11.8. The molecule has 1 N–H and O–H groups in total. The highest BCUT2D eigenvalue weighted by atomic mass is 31.2. The van der Waals surface area contributed by atoms with Gasteiger partial charge in [-0.15, -0.1) is 0 Å². The van der Waals surface area contributed by atoms with E-state index >= 15 is 0 Å². The van der Waals surface area contributed by atoms with Crippen LogP contribution in [0.5, 0.6) is 0 Å². The fourth-order valence-corrected chi connectivity index (χ4v) is 6.92. The number of carbonyl (C=O) groups is 2. The molecule has 0 aliphatic carbocycles. The number of phosphoric acid groups is 1. The molecule has 0 spiro atoms. The molecular weight excluding hydrogens is 766 g/mol. The first kappa shape index (κ1) is 56.9. The molecule has 344 valence electrons. The van der Waals surface area contributed by atoms with Crippen LogP contribution in [0.4, 0.5) is 0 Å². The van der Waals surface area contributed by atoms with Gasteiger partial charge in [0, 0.05) is 12.8 Å². The number of allylic oxidation sites excluding steroid dienone is 7. The van der Waals surface area contributed by atoms with E-state index < -0.39 is 38.6 Å². The predicted molar refractivity (Wildman–Crippen MR) is 242 cm³/mol. The number of aliphatic hydroxyl groups is 1. The molecule has 59 heavy (non-hydrogen) atoms. The number of nitrogens with zero attached hydrogens (tertiary/aromatic N) is 1. The third kappa shape index (κ3) is 43.8. The minimum atomic E-state index is -4.67. The Bertz CT molecular complexity index is 1160. The third-order valence-corrected chi connectivity index (χ3v) is 10.9. The van der Waals surface area contributed by atoms with Crippen molar-refractivity contribution in [2.45, 2.75) is 199 Å². The standard InChI is InChI=1S/C48H88NO9P/c1-6-8-10-12-14-16-18-20-21-22-23-25-27-29-31-33-35-39-48(52)58-46(44-57-59(53,54)56-42-41-49(3,4)5)43-55-47(51)40-36-38-45(50)37-34-32-30-28-26-24-19-17-15-13-11-9-7-2/h20-21,24,26,30,32,34,37,45-46,50H,6-19,22-23,25,27-29,31,33,35-36,38-44H2,1-5H3/b21-20-,26-24+,32-30+,37-34+/t45?,46-/m1/s1. The normalized spacial score (nSPS) is 14.5. The van der Waals surface area contributed by atoms with E-state index in [9.17, 15) is 24.2 Å². The van der Waals surface area contributed by atoms with Gasteiger partial charge in [0.2, 0.25) is 0 Å². The Balaban J connectivity index is 4.50. The highest BCUT2D eigenvalue weighted by Gasteiger charge is 2.22. The Morgan fingerprint density at radius 3 is 1.69 bits per heavy atom. The second kappa shape index (κ2) is 40.0. The van der Waals surface area contributed by atoms with E-state index in [1.54, 1.807) is 6.08 Å². The lowest BCUT2D eigenvalue weighted by atomic mass is 10.1. The SMILES string of the molecule is CCCCCCCC/C=C\CCCCCCCCCC(=O)O[C@H](COC(=O)CCCC(O)/C=C/C=C/C/C=C/CCCCCCCC)COP(=O)([O-])OCC[N+](C)(C)C. The van der Waals surface area contributed by atoms with Crippen molar-refractivity contribution in [3.05, 3.63) is 48.6 Å². The van der Waals surface area contributed by atoms with Crippen molar-refractivity contribution < 1.29 is 47.2 Å². The van der Waals surface area contributed by atoms with Crippen LogP contribution < -0.4 is 4.89 Å². The van der Waals surface area contributed by atoms with Crippen molar-refractivity contribution in [1.82, 2.24) is 0 Å². The van der Waals surface area contributed by atoms with Crippen molar-refractivity contribution in [1.29, 1.82) is 0 Å². The molecule has 0 fully saturated rings. The minimum absolute atomic E-state index is 0.0514. The quantitative estimate of drug-likeness (QED) is 0.0159. The van der Waals surface area contributed by atoms with Crippen LogP contribution in [0.15, 0.2) is 48.6 Å². The Morgan fingerprint density at radius 2 is 1.14 bits per heavy atom. The largest absolute Gasteiger partial charge is 0.756 e. The highest BCUT2D eigenvalue weighted by molar-refractivity contribution is 7.45. The zero-order valence-corrected chi connectivity index (χ0v) is 39.2. The number of quaternary nitrogens is 1. The molecule has 0 aliphatic rings. The number of rotatable bonds is 42. The Morgan fingerprint density at radius 1 is 0.627 bits per heavy atom. The van der Waals surface area contributed by atoms with Gasteiger partial charge in [-0.1, -0.05) is 159 Å². The second-order valence-corrected chi connectivity index (χ2v) is 18.4. The van der Waals surface area contributed by atoms with Crippen LogP contribution in [-0.4, -0.2) is 81.2 Å². The zero-order chi connectivity index (χ0) is 43.7. The summed E-state index contributed by atoms with van der Waals surface area (Å²) in [5.41, 5.74) is 0. The Kier molecular flexibility index (Phi) is 38.6. The fourth-order valence-electron chi connectivity index (χ4n) is 6.19. The lowest BCUT2D eigenvalue weighted by molar-refractivity contribution is -0.870. The Hall–Kier alpha value is -2.07. The molecule has 0 aromatic rings. The summed E-state index contributed by atoms with van der Waals surface area (Å²) in [4.78, 5) is 37.6. The first-order valence-electron chi connectivity index (χ1n) is 23.5. The number of carbonyl (C=O) groups excluding carboxylic acids is 2.